The predicted octanol–water partition coefficient (Wildman–Crippen LogP) is 2.57. The van der Waals surface area contributed by atoms with Crippen LogP contribution >= 0.6 is 15.9 Å². The second kappa shape index (κ2) is 4.87. The van der Waals surface area contributed by atoms with E-state index in [0.717, 1.165) is 4.47 Å². The molecule has 6 nitrogen and oxygen atoms in total. The van der Waals surface area contributed by atoms with E-state index in [2.05, 4.69) is 31.3 Å². The van der Waals surface area contributed by atoms with Gasteiger partial charge in [0.1, 0.15) is 5.75 Å². The van der Waals surface area contributed by atoms with Gasteiger partial charge >= 0.3 is 0 Å². The molecule has 2 heterocycles. The fraction of sp³-hybridized carbons (Fsp3) is 0. The molecule has 0 fully saturated rings. The maximum atomic E-state index is 5.75. The van der Waals surface area contributed by atoms with Crippen molar-refractivity contribution in [1.29, 1.82) is 0 Å². The van der Waals surface area contributed by atoms with Gasteiger partial charge in [0.25, 0.3) is 5.88 Å². The number of fused-ring (bicyclic) bond motifs is 1. The van der Waals surface area contributed by atoms with Crippen molar-refractivity contribution in [2.24, 2.45) is 5.84 Å². The summed E-state index contributed by atoms with van der Waals surface area (Å²) in [6.45, 7) is 0. The van der Waals surface area contributed by atoms with E-state index >= 15 is 0 Å². The van der Waals surface area contributed by atoms with Gasteiger partial charge in [-0.1, -0.05) is 22.0 Å². The van der Waals surface area contributed by atoms with Gasteiger partial charge < -0.3 is 10.2 Å². The van der Waals surface area contributed by atoms with Crippen molar-refractivity contribution in [1.82, 2.24) is 14.4 Å². The lowest BCUT2D eigenvalue weighted by atomic mass is 10.3. The van der Waals surface area contributed by atoms with Gasteiger partial charge in [-0.15, -0.1) is 0 Å². The average molecular weight is 320 g/mol. The number of hydrogen-bond acceptors (Lipinski definition) is 5. The number of imidazole rings is 1. The molecule has 7 heteroatoms. The van der Waals surface area contributed by atoms with Crippen molar-refractivity contribution in [2.45, 2.75) is 0 Å². The van der Waals surface area contributed by atoms with Gasteiger partial charge in [0.2, 0.25) is 5.65 Å². The number of nitrogens with one attached hydrogen (secondary N) is 1. The lowest BCUT2D eigenvalue weighted by Gasteiger charge is -2.08. The van der Waals surface area contributed by atoms with Crippen LogP contribution in [0.25, 0.3) is 5.65 Å². The van der Waals surface area contributed by atoms with Gasteiger partial charge in [0, 0.05) is 16.9 Å². The monoisotopic (exact) mass is 319 g/mol. The van der Waals surface area contributed by atoms with Crippen LogP contribution in [0, 0.1) is 0 Å². The van der Waals surface area contributed by atoms with Crippen molar-refractivity contribution in [2.75, 3.05) is 5.43 Å². The summed E-state index contributed by atoms with van der Waals surface area (Å²) in [6.07, 6.45) is 5.20. The Morgan fingerprint density at radius 3 is 3.05 bits per heavy atom. The number of halogens is 1. The van der Waals surface area contributed by atoms with Crippen molar-refractivity contribution >= 4 is 27.4 Å². The Bertz CT molecular complexity index is 727. The van der Waals surface area contributed by atoms with Gasteiger partial charge in [-0.05, 0) is 18.2 Å². The first-order valence-electron chi connectivity index (χ1n) is 5.50. The topological polar surface area (TPSA) is 77.5 Å². The summed E-state index contributed by atoms with van der Waals surface area (Å²) in [5, 5.41) is 0. The van der Waals surface area contributed by atoms with Crippen LogP contribution in [0.1, 0.15) is 0 Å². The standard InChI is InChI=1S/C12H10BrN5O/c13-8-2-1-3-9(6-8)19-12-11-15-4-5-18(11)7-10(16-12)17-14/h1-7,17H,14H2. The number of rotatable bonds is 3. The first-order chi connectivity index (χ1) is 9.26. The van der Waals surface area contributed by atoms with Crippen LogP contribution in [0.3, 0.4) is 0 Å². The third-order valence-corrected chi connectivity index (χ3v) is 3.00. The first kappa shape index (κ1) is 11.9. The van der Waals surface area contributed by atoms with Gasteiger partial charge in [-0.2, -0.15) is 4.98 Å². The Labute approximate surface area is 117 Å². The molecule has 96 valence electrons. The number of aromatic nitrogens is 3. The van der Waals surface area contributed by atoms with Gasteiger partial charge in [0.15, 0.2) is 5.82 Å². The minimum atomic E-state index is 0.388. The summed E-state index contributed by atoms with van der Waals surface area (Å²) >= 11 is 3.39. The molecule has 0 unspecified atom stereocenters. The molecule has 19 heavy (non-hydrogen) atoms. The summed E-state index contributed by atoms with van der Waals surface area (Å²) in [7, 11) is 0. The average Bonchev–Trinajstić information content (AvgIpc) is 2.87. The third-order valence-electron chi connectivity index (χ3n) is 2.50. The highest BCUT2D eigenvalue weighted by Crippen LogP contribution is 2.26. The van der Waals surface area contributed by atoms with E-state index in [4.69, 9.17) is 10.6 Å². The van der Waals surface area contributed by atoms with Crippen molar-refractivity contribution in [3.8, 4) is 11.6 Å². The molecule has 2 aromatic heterocycles. The molecule has 0 radical (unpaired) electrons. The Hall–Kier alpha value is -2.12. The quantitative estimate of drug-likeness (QED) is 0.573. The highest BCUT2D eigenvalue weighted by Gasteiger charge is 2.09. The molecule has 0 amide bonds. The third kappa shape index (κ3) is 2.38. The Morgan fingerprint density at radius 2 is 2.26 bits per heavy atom. The molecule has 0 aliphatic heterocycles. The Morgan fingerprint density at radius 1 is 1.37 bits per heavy atom. The lowest BCUT2D eigenvalue weighted by molar-refractivity contribution is 0.465. The molecule has 3 rings (SSSR count). The molecule has 0 atom stereocenters. The van der Waals surface area contributed by atoms with Crippen LogP contribution in [0.5, 0.6) is 11.6 Å². The molecular weight excluding hydrogens is 310 g/mol. The van der Waals surface area contributed by atoms with Gasteiger partial charge in [0.05, 0.1) is 6.20 Å². The number of nitrogens with zero attached hydrogens (tertiary/aromatic N) is 3. The number of ether oxygens (including phenoxy) is 1. The molecule has 0 aliphatic carbocycles. The molecule has 1 aromatic carbocycles. The molecule has 3 N–H and O–H groups in total. The SMILES string of the molecule is NNc1cn2ccnc2c(Oc2cccc(Br)c2)n1. The van der Waals surface area contributed by atoms with Gasteiger partial charge in [-0.25, -0.2) is 10.8 Å². The van der Waals surface area contributed by atoms with Gasteiger partial charge in [-0.3, -0.25) is 4.40 Å². The number of nitrogen functional groups attached to an aromatic ring is 1. The van der Waals surface area contributed by atoms with Crippen LogP contribution in [0.15, 0.2) is 47.3 Å². The van der Waals surface area contributed by atoms with Crippen molar-refractivity contribution in [3.05, 3.63) is 47.3 Å². The zero-order chi connectivity index (χ0) is 13.2. The predicted molar refractivity (Wildman–Crippen MR) is 75.0 cm³/mol. The summed E-state index contributed by atoms with van der Waals surface area (Å²) in [6, 6.07) is 7.49. The number of benzene rings is 1. The molecule has 0 spiro atoms. The highest BCUT2D eigenvalue weighted by molar-refractivity contribution is 9.10. The van der Waals surface area contributed by atoms with E-state index in [1.54, 1.807) is 23.0 Å². The van der Waals surface area contributed by atoms with Crippen LogP contribution in [-0.2, 0) is 0 Å². The summed E-state index contributed by atoms with van der Waals surface area (Å²) in [4.78, 5) is 8.47. The first-order valence-corrected chi connectivity index (χ1v) is 6.29. The van der Waals surface area contributed by atoms with Crippen molar-refractivity contribution < 1.29 is 4.74 Å². The smallest absolute Gasteiger partial charge is 0.265 e. The van der Waals surface area contributed by atoms with Crippen LogP contribution in [0.2, 0.25) is 0 Å². The molecule has 3 aromatic rings. The number of nitrogens with two attached hydrogens (primary N) is 1. The fourth-order valence-electron chi connectivity index (χ4n) is 1.68. The van der Waals surface area contributed by atoms with E-state index in [-0.39, 0.29) is 0 Å². The molecule has 0 aliphatic rings. The molecule has 0 bridgehead atoms. The van der Waals surface area contributed by atoms with E-state index in [9.17, 15) is 0 Å². The molecule has 0 saturated carbocycles. The Balaban J connectivity index is 2.06. The summed E-state index contributed by atoms with van der Waals surface area (Å²) in [5.41, 5.74) is 3.12. The van der Waals surface area contributed by atoms with E-state index in [1.165, 1.54) is 0 Å². The fourth-order valence-corrected chi connectivity index (χ4v) is 2.06. The second-order valence-electron chi connectivity index (χ2n) is 3.79. The van der Waals surface area contributed by atoms with E-state index in [0.29, 0.717) is 23.1 Å². The number of hydrogen-bond donors (Lipinski definition) is 2. The summed E-state index contributed by atoms with van der Waals surface area (Å²) in [5.74, 6) is 6.94. The minimum absolute atomic E-state index is 0.388. The van der Waals surface area contributed by atoms with E-state index < -0.39 is 0 Å². The normalized spacial score (nSPS) is 10.6. The number of hydrazine groups is 1. The van der Waals surface area contributed by atoms with Crippen molar-refractivity contribution in [3.63, 3.8) is 0 Å². The zero-order valence-electron chi connectivity index (χ0n) is 9.75. The lowest BCUT2D eigenvalue weighted by Crippen LogP contribution is -2.10. The zero-order valence-corrected chi connectivity index (χ0v) is 11.3. The minimum Gasteiger partial charge on any atom is -0.436 e. The number of anilines is 1. The highest BCUT2D eigenvalue weighted by atomic mass is 79.9. The van der Waals surface area contributed by atoms with Crippen LogP contribution in [-0.4, -0.2) is 14.4 Å². The maximum absolute atomic E-state index is 5.75. The maximum Gasteiger partial charge on any atom is 0.265 e. The molecule has 0 saturated heterocycles. The second-order valence-corrected chi connectivity index (χ2v) is 4.71. The Kier molecular flexibility index (Phi) is 3.06. The summed E-state index contributed by atoms with van der Waals surface area (Å²) < 4.78 is 8.47. The van der Waals surface area contributed by atoms with Crippen LogP contribution in [0.4, 0.5) is 5.82 Å². The van der Waals surface area contributed by atoms with E-state index in [1.807, 2.05) is 24.3 Å². The molecular formula is C12H10BrN5O. The largest absolute Gasteiger partial charge is 0.436 e. The van der Waals surface area contributed by atoms with Crippen LogP contribution < -0.4 is 16.0 Å².